The van der Waals surface area contributed by atoms with Crippen LogP contribution in [0.15, 0.2) is 0 Å². The van der Waals surface area contributed by atoms with Crippen molar-refractivity contribution in [1.82, 2.24) is 15.5 Å². The van der Waals surface area contributed by atoms with Gasteiger partial charge in [-0.25, -0.2) is 0 Å². The lowest BCUT2D eigenvalue weighted by Crippen LogP contribution is -2.53. The number of hydrogen-bond acceptors (Lipinski definition) is 4. The van der Waals surface area contributed by atoms with Gasteiger partial charge in [-0.1, -0.05) is 5.92 Å². The van der Waals surface area contributed by atoms with Gasteiger partial charge in [0.1, 0.15) is 0 Å². The lowest BCUT2D eigenvalue weighted by molar-refractivity contribution is -0.128. The maximum atomic E-state index is 11.8. The van der Waals surface area contributed by atoms with Gasteiger partial charge in [-0.15, -0.1) is 6.42 Å². The summed E-state index contributed by atoms with van der Waals surface area (Å²) in [5, 5.41) is 5.78. The number of likely N-dealkylation sites (N-methyl/N-ethyl adjacent to an activating group) is 1. The number of nitrogens with zero attached hydrogens (tertiary/aromatic N) is 1. The molecular formula is C12H21N3O2. The zero-order valence-electron chi connectivity index (χ0n) is 10.5. The Morgan fingerprint density at radius 1 is 1.71 bits per heavy atom. The van der Waals surface area contributed by atoms with E-state index >= 15 is 0 Å². The average molecular weight is 239 g/mol. The van der Waals surface area contributed by atoms with Crippen molar-refractivity contribution >= 4 is 5.91 Å². The summed E-state index contributed by atoms with van der Waals surface area (Å²) < 4.78 is 5.59. The Kier molecular flexibility index (Phi) is 5.98. The third-order valence-corrected chi connectivity index (χ3v) is 2.89. The summed E-state index contributed by atoms with van der Waals surface area (Å²) in [6.07, 6.45) is 5.26. The van der Waals surface area contributed by atoms with Crippen LogP contribution in [0.1, 0.15) is 6.92 Å². The fourth-order valence-electron chi connectivity index (χ4n) is 1.90. The standard InChI is InChI=1S/C12H21N3O2/c1-4-5-14-12(16)10(2)15-6-7-17-11(9-15)8-13-3/h1,10-11,13H,5-9H2,2-3H3,(H,14,16). The number of carbonyl (C=O) groups excluding carboxylic acids is 1. The second-order valence-electron chi connectivity index (χ2n) is 4.14. The summed E-state index contributed by atoms with van der Waals surface area (Å²) in [4.78, 5) is 13.9. The summed E-state index contributed by atoms with van der Waals surface area (Å²) in [7, 11) is 1.89. The van der Waals surface area contributed by atoms with Crippen LogP contribution >= 0.6 is 0 Å². The van der Waals surface area contributed by atoms with E-state index in [1.807, 2.05) is 14.0 Å². The van der Waals surface area contributed by atoms with Crippen molar-refractivity contribution in [3.63, 3.8) is 0 Å². The average Bonchev–Trinajstić information content (AvgIpc) is 2.35. The van der Waals surface area contributed by atoms with Crippen LogP contribution in [0, 0.1) is 12.3 Å². The SMILES string of the molecule is C#CCNC(=O)C(C)N1CCOC(CNC)C1. The van der Waals surface area contributed by atoms with Gasteiger partial charge in [0.25, 0.3) is 0 Å². The molecule has 5 heteroatoms. The number of nitrogens with one attached hydrogen (secondary N) is 2. The minimum absolute atomic E-state index is 0.0203. The molecule has 1 saturated heterocycles. The van der Waals surface area contributed by atoms with E-state index in [0.29, 0.717) is 6.61 Å². The van der Waals surface area contributed by atoms with E-state index < -0.39 is 0 Å². The Balaban J connectivity index is 2.42. The smallest absolute Gasteiger partial charge is 0.237 e. The van der Waals surface area contributed by atoms with Gasteiger partial charge in [-0.3, -0.25) is 9.69 Å². The monoisotopic (exact) mass is 239 g/mol. The maximum absolute atomic E-state index is 11.8. The first-order valence-electron chi connectivity index (χ1n) is 5.90. The molecule has 2 unspecified atom stereocenters. The van der Waals surface area contributed by atoms with Crippen LogP contribution in [0.25, 0.3) is 0 Å². The van der Waals surface area contributed by atoms with Gasteiger partial charge in [0, 0.05) is 19.6 Å². The van der Waals surface area contributed by atoms with Gasteiger partial charge in [0.15, 0.2) is 0 Å². The van der Waals surface area contributed by atoms with Crippen LogP contribution in [-0.2, 0) is 9.53 Å². The lowest BCUT2D eigenvalue weighted by atomic mass is 10.2. The van der Waals surface area contributed by atoms with Crippen molar-refractivity contribution in [3.8, 4) is 12.3 Å². The molecule has 17 heavy (non-hydrogen) atoms. The Hall–Kier alpha value is -1.09. The van der Waals surface area contributed by atoms with Crippen LogP contribution in [0.2, 0.25) is 0 Å². The number of carbonyl (C=O) groups is 1. The minimum Gasteiger partial charge on any atom is -0.374 e. The third kappa shape index (κ3) is 4.35. The largest absolute Gasteiger partial charge is 0.374 e. The van der Waals surface area contributed by atoms with Crippen molar-refractivity contribution in [2.24, 2.45) is 0 Å². The Bertz CT molecular complexity index is 286. The van der Waals surface area contributed by atoms with E-state index in [1.165, 1.54) is 0 Å². The Morgan fingerprint density at radius 3 is 3.12 bits per heavy atom. The minimum atomic E-state index is -0.161. The molecule has 0 saturated carbocycles. The molecule has 0 aliphatic carbocycles. The van der Waals surface area contributed by atoms with Crippen molar-refractivity contribution in [2.45, 2.75) is 19.1 Å². The van der Waals surface area contributed by atoms with Gasteiger partial charge in [-0.05, 0) is 14.0 Å². The number of hydrogen-bond donors (Lipinski definition) is 2. The summed E-state index contributed by atoms with van der Waals surface area (Å²) in [6, 6.07) is -0.161. The fourth-order valence-corrected chi connectivity index (χ4v) is 1.90. The molecule has 96 valence electrons. The van der Waals surface area contributed by atoms with Gasteiger partial charge in [-0.2, -0.15) is 0 Å². The number of amides is 1. The van der Waals surface area contributed by atoms with E-state index in [1.54, 1.807) is 0 Å². The summed E-state index contributed by atoms with van der Waals surface area (Å²) >= 11 is 0. The number of terminal acetylenes is 1. The molecule has 1 fully saturated rings. The molecule has 1 heterocycles. The second-order valence-corrected chi connectivity index (χ2v) is 4.14. The number of ether oxygens (including phenoxy) is 1. The van der Waals surface area contributed by atoms with Gasteiger partial charge in [0.05, 0.1) is 25.3 Å². The topological polar surface area (TPSA) is 53.6 Å². The van der Waals surface area contributed by atoms with Crippen LogP contribution in [-0.4, -0.2) is 62.8 Å². The van der Waals surface area contributed by atoms with Crippen molar-refractivity contribution < 1.29 is 9.53 Å². The molecule has 2 atom stereocenters. The first kappa shape index (κ1) is 14.0. The predicted molar refractivity (Wildman–Crippen MR) is 66.5 cm³/mol. The zero-order chi connectivity index (χ0) is 12.7. The highest BCUT2D eigenvalue weighted by molar-refractivity contribution is 5.81. The van der Waals surface area contributed by atoms with E-state index in [0.717, 1.165) is 19.6 Å². The van der Waals surface area contributed by atoms with Gasteiger partial charge >= 0.3 is 0 Å². The van der Waals surface area contributed by atoms with Crippen molar-refractivity contribution in [2.75, 3.05) is 39.8 Å². The van der Waals surface area contributed by atoms with E-state index in [-0.39, 0.29) is 24.6 Å². The molecule has 0 aromatic carbocycles. The molecule has 0 spiro atoms. The van der Waals surface area contributed by atoms with Crippen LogP contribution < -0.4 is 10.6 Å². The van der Waals surface area contributed by atoms with Crippen LogP contribution in [0.3, 0.4) is 0 Å². The highest BCUT2D eigenvalue weighted by Gasteiger charge is 2.27. The van der Waals surface area contributed by atoms with Crippen molar-refractivity contribution in [1.29, 1.82) is 0 Å². The molecular weight excluding hydrogens is 218 g/mol. The Morgan fingerprint density at radius 2 is 2.47 bits per heavy atom. The fraction of sp³-hybridized carbons (Fsp3) is 0.750. The first-order valence-corrected chi connectivity index (χ1v) is 5.90. The highest BCUT2D eigenvalue weighted by atomic mass is 16.5. The van der Waals surface area contributed by atoms with Crippen LogP contribution in [0.4, 0.5) is 0 Å². The maximum Gasteiger partial charge on any atom is 0.237 e. The van der Waals surface area contributed by atoms with Crippen molar-refractivity contribution in [3.05, 3.63) is 0 Å². The molecule has 0 bridgehead atoms. The molecule has 0 aromatic heterocycles. The quantitative estimate of drug-likeness (QED) is 0.607. The number of rotatable bonds is 5. The molecule has 1 aliphatic heterocycles. The zero-order valence-corrected chi connectivity index (χ0v) is 10.5. The molecule has 1 amide bonds. The van der Waals surface area contributed by atoms with E-state index in [4.69, 9.17) is 11.2 Å². The normalized spacial score (nSPS) is 22.8. The molecule has 0 radical (unpaired) electrons. The molecule has 5 nitrogen and oxygen atoms in total. The van der Waals surface area contributed by atoms with E-state index in [2.05, 4.69) is 21.5 Å². The second kappa shape index (κ2) is 7.28. The highest BCUT2D eigenvalue weighted by Crippen LogP contribution is 2.08. The Labute approximate surface area is 103 Å². The molecule has 1 rings (SSSR count). The molecule has 1 aliphatic rings. The summed E-state index contributed by atoms with van der Waals surface area (Å²) in [5.74, 6) is 2.38. The van der Waals surface area contributed by atoms with Gasteiger partial charge < -0.3 is 15.4 Å². The van der Waals surface area contributed by atoms with Gasteiger partial charge in [0.2, 0.25) is 5.91 Å². The first-order chi connectivity index (χ1) is 8.19. The summed E-state index contributed by atoms with van der Waals surface area (Å²) in [6.45, 7) is 5.20. The number of morpholine rings is 1. The predicted octanol–water partition coefficient (Wildman–Crippen LogP) is -0.955. The van der Waals surface area contributed by atoms with Crippen LogP contribution in [0.5, 0.6) is 0 Å². The van der Waals surface area contributed by atoms with E-state index in [9.17, 15) is 4.79 Å². The summed E-state index contributed by atoms with van der Waals surface area (Å²) in [5.41, 5.74) is 0. The lowest BCUT2D eigenvalue weighted by Gasteiger charge is -2.36. The third-order valence-electron chi connectivity index (χ3n) is 2.89. The molecule has 0 aromatic rings. The molecule has 2 N–H and O–H groups in total.